The summed E-state index contributed by atoms with van der Waals surface area (Å²) in [7, 11) is 1.58. The minimum absolute atomic E-state index is 0.123. The first-order valence-electron chi connectivity index (χ1n) is 2.75. The summed E-state index contributed by atoms with van der Waals surface area (Å²) in [5, 5.41) is 9.81. The summed E-state index contributed by atoms with van der Waals surface area (Å²) in [4.78, 5) is 12.0. The van der Waals surface area contributed by atoms with E-state index in [1.807, 2.05) is 0 Å². The standard InChI is InChI=1S/C5H9N3O/c1-3-4(6)8(2)5(9)7-3/h3,6H,1-2H3,(H,7,9). The molecular formula is C5H9N3O. The van der Waals surface area contributed by atoms with Gasteiger partial charge in [0.1, 0.15) is 5.84 Å². The van der Waals surface area contributed by atoms with Crippen molar-refractivity contribution in [2.75, 3.05) is 7.05 Å². The van der Waals surface area contributed by atoms with E-state index in [0.29, 0.717) is 5.84 Å². The third-order valence-corrected chi connectivity index (χ3v) is 1.42. The van der Waals surface area contributed by atoms with E-state index in [2.05, 4.69) is 5.32 Å². The van der Waals surface area contributed by atoms with Crippen LogP contribution in [0.4, 0.5) is 4.79 Å². The molecule has 0 bridgehead atoms. The van der Waals surface area contributed by atoms with Crippen molar-refractivity contribution in [2.24, 2.45) is 0 Å². The number of carbonyl (C=O) groups is 1. The molecule has 1 unspecified atom stereocenters. The first-order valence-corrected chi connectivity index (χ1v) is 2.75. The first-order chi connectivity index (χ1) is 4.13. The second-order valence-electron chi connectivity index (χ2n) is 2.12. The molecule has 1 fully saturated rings. The van der Waals surface area contributed by atoms with Crippen LogP contribution in [0.2, 0.25) is 0 Å². The van der Waals surface area contributed by atoms with E-state index in [1.54, 1.807) is 14.0 Å². The molecule has 0 aliphatic carbocycles. The van der Waals surface area contributed by atoms with E-state index >= 15 is 0 Å². The van der Waals surface area contributed by atoms with Crippen LogP contribution in [-0.4, -0.2) is 29.9 Å². The molecule has 0 radical (unpaired) electrons. The molecule has 4 heteroatoms. The maximum atomic E-state index is 10.7. The zero-order valence-corrected chi connectivity index (χ0v) is 5.43. The average molecular weight is 127 g/mol. The number of urea groups is 1. The second-order valence-corrected chi connectivity index (χ2v) is 2.12. The average Bonchev–Trinajstić information content (AvgIpc) is 1.98. The van der Waals surface area contributed by atoms with Gasteiger partial charge < -0.3 is 5.32 Å². The number of amidine groups is 1. The minimum Gasteiger partial charge on any atom is -0.328 e. The van der Waals surface area contributed by atoms with Gasteiger partial charge in [0.05, 0.1) is 6.04 Å². The predicted molar refractivity (Wildman–Crippen MR) is 33.5 cm³/mol. The molecule has 9 heavy (non-hydrogen) atoms. The summed E-state index contributed by atoms with van der Waals surface area (Å²) in [6, 6.07) is -0.310. The van der Waals surface area contributed by atoms with E-state index in [4.69, 9.17) is 5.41 Å². The zero-order valence-electron chi connectivity index (χ0n) is 5.43. The van der Waals surface area contributed by atoms with Crippen LogP contribution >= 0.6 is 0 Å². The normalized spacial score (nSPS) is 26.9. The van der Waals surface area contributed by atoms with Gasteiger partial charge in [0.25, 0.3) is 0 Å². The van der Waals surface area contributed by atoms with Gasteiger partial charge >= 0.3 is 6.03 Å². The highest BCUT2D eigenvalue weighted by Gasteiger charge is 2.27. The van der Waals surface area contributed by atoms with Crippen LogP contribution in [0.3, 0.4) is 0 Å². The molecule has 2 amide bonds. The van der Waals surface area contributed by atoms with Crippen LogP contribution < -0.4 is 5.32 Å². The smallest absolute Gasteiger partial charge is 0.323 e. The van der Waals surface area contributed by atoms with Gasteiger partial charge in [0, 0.05) is 7.05 Å². The SMILES string of the molecule is CC1NC(=O)N(C)C1=N. The van der Waals surface area contributed by atoms with Crippen molar-refractivity contribution in [1.29, 1.82) is 5.41 Å². The molecule has 1 aliphatic rings. The van der Waals surface area contributed by atoms with Crippen molar-refractivity contribution in [1.82, 2.24) is 10.2 Å². The zero-order chi connectivity index (χ0) is 7.02. The van der Waals surface area contributed by atoms with Crippen LogP contribution in [0.1, 0.15) is 6.92 Å². The highest BCUT2D eigenvalue weighted by Crippen LogP contribution is 2.01. The van der Waals surface area contributed by atoms with Crippen LogP contribution in [0.5, 0.6) is 0 Å². The molecule has 1 saturated heterocycles. The van der Waals surface area contributed by atoms with Crippen molar-refractivity contribution >= 4 is 11.9 Å². The second kappa shape index (κ2) is 1.72. The molecular weight excluding hydrogens is 118 g/mol. The molecule has 0 spiro atoms. The fourth-order valence-corrected chi connectivity index (χ4v) is 0.750. The lowest BCUT2D eigenvalue weighted by Gasteiger charge is -2.04. The van der Waals surface area contributed by atoms with Gasteiger partial charge in [0.2, 0.25) is 0 Å². The molecule has 2 N–H and O–H groups in total. The Labute approximate surface area is 53.3 Å². The highest BCUT2D eigenvalue weighted by atomic mass is 16.2. The summed E-state index contributed by atoms with van der Waals surface area (Å²) in [6.07, 6.45) is 0. The summed E-state index contributed by atoms with van der Waals surface area (Å²) in [5.41, 5.74) is 0. The van der Waals surface area contributed by atoms with Gasteiger partial charge in [-0.3, -0.25) is 10.3 Å². The highest BCUT2D eigenvalue weighted by molar-refractivity contribution is 6.04. The lowest BCUT2D eigenvalue weighted by Crippen LogP contribution is -2.25. The molecule has 0 aromatic rings. The lowest BCUT2D eigenvalue weighted by molar-refractivity contribution is 0.232. The summed E-state index contributed by atoms with van der Waals surface area (Å²) in [5.74, 6) is 0.333. The van der Waals surface area contributed by atoms with E-state index in [1.165, 1.54) is 4.90 Å². The van der Waals surface area contributed by atoms with Gasteiger partial charge in [-0.05, 0) is 6.92 Å². The predicted octanol–water partition coefficient (Wildman–Crippen LogP) is 0.00717. The maximum Gasteiger partial charge on any atom is 0.323 e. The summed E-state index contributed by atoms with van der Waals surface area (Å²) >= 11 is 0. The van der Waals surface area contributed by atoms with E-state index < -0.39 is 0 Å². The largest absolute Gasteiger partial charge is 0.328 e. The Morgan fingerprint density at radius 1 is 1.78 bits per heavy atom. The summed E-state index contributed by atoms with van der Waals surface area (Å²) < 4.78 is 0. The number of hydrogen-bond donors (Lipinski definition) is 2. The fourth-order valence-electron chi connectivity index (χ4n) is 0.750. The number of nitrogens with one attached hydrogen (secondary N) is 2. The van der Waals surface area contributed by atoms with E-state index in [9.17, 15) is 4.79 Å². The maximum absolute atomic E-state index is 10.7. The number of rotatable bonds is 0. The molecule has 0 aromatic heterocycles. The molecule has 1 rings (SSSR count). The number of amides is 2. The monoisotopic (exact) mass is 127 g/mol. The Hall–Kier alpha value is -1.06. The molecule has 1 atom stereocenters. The van der Waals surface area contributed by atoms with Crippen molar-refractivity contribution < 1.29 is 4.79 Å². The van der Waals surface area contributed by atoms with Crippen LogP contribution in [-0.2, 0) is 0 Å². The molecule has 1 heterocycles. The minimum atomic E-state index is -0.187. The number of nitrogens with zero attached hydrogens (tertiary/aromatic N) is 1. The van der Waals surface area contributed by atoms with E-state index in [0.717, 1.165) is 0 Å². The molecule has 50 valence electrons. The van der Waals surface area contributed by atoms with Crippen molar-refractivity contribution in [3.63, 3.8) is 0 Å². The topological polar surface area (TPSA) is 56.2 Å². The molecule has 4 nitrogen and oxygen atoms in total. The fraction of sp³-hybridized carbons (Fsp3) is 0.600. The van der Waals surface area contributed by atoms with E-state index in [-0.39, 0.29) is 12.1 Å². The number of likely N-dealkylation sites (N-methyl/N-ethyl adjacent to an activating group) is 1. The van der Waals surface area contributed by atoms with Gasteiger partial charge in [-0.15, -0.1) is 0 Å². The van der Waals surface area contributed by atoms with Crippen LogP contribution in [0.25, 0.3) is 0 Å². The molecule has 1 aliphatic heterocycles. The first kappa shape index (κ1) is 6.07. The Kier molecular flexibility index (Phi) is 1.16. The van der Waals surface area contributed by atoms with Gasteiger partial charge in [0.15, 0.2) is 0 Å². The van der Waals surface area contributed by atoms with Crippen LogP contribution in [0, 0.1) is 5.41 Å². The number of hydrogen-bond acceptors (Lipinski definition) is 2. The Bertz CT molecular complexity index is 166. The Morgan fingerprint density at radius 2 is 2.33 bits per heavy atom. The molecule has 0 aromatic carbocycles. The Morgan fingerprint density at radius 3 is 2.44 bits per heavy atom. The quantitative estimate of drug-likeness (QED) is 0.473. The van der Waals surface area contributed by atoms with Crippen LogP contribution in [0.15, 0.2) is 0 Å². The van der Waals surface area contributed by atoms with Gasteiger partial charge in [-0.1, -0.05) is 0 Å². The third-order valence-electron chi connectivity index (χ3n) is 1.42. The van der Waals surface area contributed by atoms with Crippen molar-refractivity contribution in [3.05, 3.63) is 0 Å². The van der Waals surface area contributed by atoms with Gasteiger partial charge in [-0.25, -0.2) is 4.79 Å². The third kappa shape index (κ3) is 0.759. The molecule has 0 saturated carbocycles. The van der Waals surface area contributed by atoms with Crippen molar-refractivity contribution in [2.45, 2.75) is 13.0 Å². The summed E-state index contributed by atoms with van der Waals surface area (Å²) in [6.45, 7) is 1.78. The lowest BCUT2D eigenvalue weighted by atomic mass is 10.3. The number of carbonyl (C=O) groups excluding carboxylic acids is 1. The van der Waals surface area contributed by atoms with Crippen molar-refractivity contribution in [3.8, 4) is 0 Å². The Balaban J connectivity index is 2.77. The van der Waals surface area contributed by atoms with Gasteiger partial charge in [-0.2, -0.15) is 0 Å².